The lowest BCUT2D eigenvalue weighted by Crippen LogP contribution is -2.39. The molecule has 4 aromatic carbocycles. The summed E-state index contributed by atoms with van der Waals surface area (Å²) in [5, 5.41) is 11.8. The monoisotopic (exact) mass is 1040 g/mol. The third kappa shape index (κ3) is 11.0. The first-order chi connectivity index (χ1) is 36.7. The maximum atomic E-state index is 14.1. The van der Waals surface area contributed by atoms with E-state index in [1.165, 1.54) is 36.2 Å². The molecule has 2 atom stereocenters. The van der Waals surface area contributed by atoms with E-state index < -0.39 is 17.5 Å². The van der Waals surface area contributed by atoms with E-state index in [-0.39, 0.29) is 29.5 Å². The van der Waals surface area contributed by atoms with Gasteiger partial charge in [-0.25, -0.2) is 14.8 Å². The van der Waals surface area contributed by atoms with Gasteiger partial charge in [0.15, 0.2) is 10.8 Å². The van der Waals surface area contributed by atoms with Crippen molar-refractivity contribution in [1.29, 1.82) is 0 Å². The highest BCUT2D eigenvalue weighted by Gasteiger charge is 2.33. The molecule has 394 valence electrons. The number of ether oxygens (including phenoxy) is 2. The number of aryl methyl sites for hydroxylation is 1. The molecular formula is C61H68N8O6S. The number of fused-ring (bicyclic) bond motifs is 3. The molecule has 76 heavy (non-hydrogen) atoms. The Labute approximate surface area is 448 Å². The fourth-order valence-corrected chi connectivity index (χ4v) is 12.9. The van der Waals surface area contributed by atoms with Crippen LogP contribution in [-0.2, 0) is 34.3 Å². The number of pyridine rings is 1. The van der Waals surface area contributed by atoms with Crippen molar-refractivity contribution in [1.82, 2.24) is 30.0 Å². The summed E-state index contributed by atoms with van der Waals surface area (Å²) in [6, 6.07) is 30.4. The number of rotatable bonds is 14. The van der Waals surface area contributed by atoms with Gasteiger partial charge in [-0.15, -0.1) is 0 Å². The van der Waals surface area contributed by atoms with E-state index in [2.05, 4.69) is 56.6 Å². The minimum Gasteiger partial charge on any atom is -0.490 e. The van der Waals surface area contributed by atoms with E-state index in [4.69, 9.17) is 19.6 Å². The summed E-state index contributed by atoms with van der Waals surface area (Å²) in [7, 11) is 1.94. The maximum absolute atomic E-state index is 14.1. The number of carbonyl (C=O) groups excluding carboxylic acids is 4. The van der Waals surface area contributed by atoms with E-state index in [1.54, 1.807) is 0 Å². The van der Waals surface area contributed by atoms with Gasteiger partial charge in [-0.2, -0.15) is 5.10 Å². The first-order valence-electron chi connectivity index (χ1n) is 27.3. The van der Waals surface area contributed by atoms with Crippen LogP contribution in [0.1, 0.15) is 146 Å². The molecule has 3 fully saturated rings. The fourth-order valence-electron chi connectivity index (χ4n) is 12.0. The Hall–Kier alpha value is -6.97. The molecule has 6 heterocycles. The van der Waals surface area contributed by atoms with Gasteiger partial charge in [0.2, 0.25) is 11.8 Å². The van der Waals surface area contributed by atoms with Crippen molar-refractivity contribution < 1.29 is 28.7 Å². The third-order valence-corrected chi connectivity index (χ3v) is 17.0. The molecule has 0 radical (unpaired) electrons. The van der Waals surface area contributed by atoms with Crippen LogP contribution >= 0.6 is 11.3 Å². The topological polar surface area (TPSA) is 161 Å². The molecule has 1 saturated carbocycles. The molecule has 2 N–H and O–H groups in total. The molecule has 3 amide bonds. The molecule has 0 bridgehead atoms. The lowest BCUT2D eigenvalue weighted by Gasteiger charge is -2.31. The van der Waals surface area contributed by atoms with Crippen molar-refractivity contribution in [3.05, 3.63) is 130 Å². The van der Waals surface area contributed by atoms with Gasteiger partial charge in [-0.1, -0.05) is 72.7 Å². The van der Waals surface area contributed by atoms with Gasteiger partial charge >= 0.3 is 5.97 Å². The summed E-state index contributed by atoms with van der Waals surface area (Å²) in [6.07, 6.45) is 10.8. The van der Waals surface area contributed by atoms with Crippen LogP contribution in [0.3, 0.4) is 0 Å². The molecule has 3 aromatic heterocycles. The summed E-state index contributed by atoms with van der Waals surface area (Å²) in [4.78, 5) is 66.8. The first kappa shape index (κ1) is 51.2. The highest BCUT2D eigenvalue weighted by molar-refractivity contribution is 7.22. The van der Waals surface area contributed by atoms with Gasteiger partial charge in [0.1, 0.15) is 17.2 Å². The largest absolute Gasteiger partial charge is 0.490 e. The Bertz CT molecular complexity index is 3320. The molecule has 2 saturated heterocycles. The number of piperidine rings is 1. The van der Waals surface area contributed by atoms with Crippen molar-refractivity contribution in [3.8, 4) is 16.9 Å². The summed E-state index contributed by atoms with van der Waals surface area (Å²) in [6.45, 7) is 12.1. The zero-order valence-electron chi connectivity index (χ0n) is 44.3. The summed E-state index contributed by atoms with van der Waals surface area (Å²) < 4.78 is 15.7. The molecule has 4 aliphatic rings. The number of amides is 3. The second kappa shape index (κ2) is 21.6. The average Bonchev–Trinajstić information content (AvgIpc) is 4.17. The second-order valence-corrected chi connectivity index (χ2v) is 23.4. The van der Waals surface area contributed by atoms with Gasteiger partial charge < -0.3 is 19.3 Å². The number of carbonyl (C=O) groups is 4. The van der Waals surface area contributed by atoms with E-state index in [9.17, 15) is 19.2 Å². The van der Waals surface area contributed by atoms with Crippen molar-refractivity contribution >= 4 is 67.1 Å². The Balaban J connectivity index is 0.690. The molecule has 11 rings (SSSR count). The van der Waals surface area contributed by atoms with Crippen LogP contribution in [0, 0.1) is 12.8 Å². The van der Waals surface area contributed by atoms with E-state index in [0.29, 0.717) is 59.8 Å². The smallest absolute Gasteiger partial charge is 0.358 e. The number of unbranched alkanes of at least 4 members (excludes halogenated alkanes) is 1. The average molecular weight is 1040 g/mol. The van der Waals surface area contributed by atoms with Gasteiger partial charge in [0.25, 0.3) is 5.91 Å². The number of hydrogen-bond acceptors (Lipinski definition) is 12. The molecule has 7 aromatic rings. The standard InChI is InChI=1S/C61H68N8O6S/c1-37-43(44-25-27-53(63-56(44)59(73)75-61(2,3)4)69-33-30-39-13-10-15-45(48(39)36-69)57(71)65-60-62-49-16-6-7-18-52(49)76-60)14-11-17-51(37)74-42-22-19-38(20-23-42)12-8-9-31-68-32-29-41(35-68)40-21-24-46-50(34-40)67(5)66-55(46)47-26-28-54(70)64-58(47)72/h6-7,10-11,13-18,21,24-25,27,34,38,41-42,47H,8-9,12,19-20,22-23,26,28-33,35-36H2,1-5H3,(H,62,65,71)(H,64,70,72)/t38-,41-,42-,47?/m0/s1. The zero-order chi connectivity index (χ0) is 52.7. The van der Waals surface area contributed by atoms with Crippen LogP contribution in [-0.4, -0.2) is 86.2 Å². The number of likely N-dealkylation sites (tertiary alicyclic amines) is 1. The number of imide groups is 1. The normalized spacial score (nSPS) is 20.2. The summed E-state index contributed by atoms with van der Waals surface area (Å²) in [5.74, 6) is 1.10. The molecule has 15 heteroatoms. The minimum absolute atomic E-state index is 0.127. The molecule has 14 nitrogen and oxygen atoms in total. The summed E-state index contributed by atoms with van der Waals surface area (Å²) in [5.41, 5.74) is 8.67. The van der Waals surface area contributed by atoms with Crippen LogP contribution in [0.25, 0.3) is 32.2 Å². The second-order valence-electron chi connectivity index (χ2n) is 22.4. The lowest BCUT2D eigenvalue weighted by molar-refractivity contribution is -0.134. The van der Waals surface area contributed by atoms with Crippen LogP contribution in [0.2, 0.25) is 0 Å². The first-order valence-corrected chi connectivity index (χ1v) is 28.1. The Morgan fingerprint density at radius 1 is 0.855 bits per heavy atom. The number of nitrogens with one attached hydrogen (secondary N) is 2. The third-order valence-electron chi connectivity index (χ3n) is 16.0. The number of esters is 1. The molecular weight excluding hydrogens is 973 g/mol. The molecule has 0 spiro atoms. The SMILES string of the molecule is Cc1c(O[C@H]2CC[C@H](CCCCN3CC[C@H](c4ccc5c(C6CCC(=O)NC6=O)nn(C)c5c4)C3)CC2)cccc1-c1ccc(N2CCc3cccc(C(=O)Nc4nc5ccccc5s4)c3C2)nc1C(=O)OC(C)(C)C. The maximum Gasteiger partial charge on any atom is 0.358 e. The van der Waals surface area contributed by atoms with E-state index in [1.807, 2.05) is 99.2 Å². The van der Waals surface area contributed by atoms with Crippen molar-refractivity contribution in [3.63, 3.8) is 0 Å². The predicted molar refractivity (Wildman–Crippen MR) is 298 cm³/mol. The van der Waals surface area contributed by atoms with Gasteiger partial charge in [-0.3, -0.25) is 29.7 Å². The highest BCUT2D eigenvalue weighted by atomic mass is 32.1. The zero-order valence-corrected chi connectivity index (χ0v) is 45.1. The van der Waals surface area contributed by atoms with Crippen LogP contribution in [0.5, 0.6) is 5.75 Å². The van der Waals surface area contributed by atoms with Crippen LogP contribution in [0.4, 0.5) is 10.9 Å². The van der Waals surface area contributed by atoms with Crippen molar-refractivity contribution in [2.24, 2.45) is 13.0 Å². The van der Waals surface area contributed by atoms with Gasteiger partial charge in [-0.05, 0) is 174 Å². The molecule has 1 aliphatic carbocycles. The lowest BCUT2D eigenvalue weighted by atomic mass is 9.84. The number of anilines is 2. The van der Waals surface area contributed by atoms with Crippen molar-refractivity contribution in [2.45, 2.75) is 128 Å². The number of para-hydroxylation sites is 1. The van der Waals surface area contributed by atoms with E-state index in [0.717, 1.165) is 113 Å². The number of nitrogens with zero attached hydrogens (tertiary/aromatic N) is 6. The Morgan fingerprint density at radius 3 is 2.50 bits per heavy atom. The number of hydrogen-bond donors (Lipinski definition) is 2. The Kier molecular flexibility index (Phi) is 14.5. The van der Waals surface area contributed by atoms with Gasteiger partial charge in [0, 0.05) is 49.6 Å². The molecule has 3 aliphatic heterocycles. The van der Waals surface area contributed by atoms with E-state index >= 15 is 0 Å². The predicted octanol–water partition coefficient (Wildman–Crippen LogP) is 11.4. The van der Waals surface area contributed by atoms with Gasteiger partial charge in [0.05, 0.1) is 33.4 Å². The number of aromatic nitrogens is 4. The highest BCUT2D eigenvalue weighted by Crippen LogP contribution is 2.39. The quantitative estimate of drug-likeness (QED) is 0.0606. The van der Waals surface area contributed by atoms with Crippen LogP contribution < -0.4 is 20.3 Å². The Morgan fingerprint density at radius 2 is 1.68 bits per heavy atom. The number of thiazole rings is 1. The van der Waals surface area contributed by atoms with Crippen LogP contribution in [0.15, 0.2) is 91.0 Å². The summed E-state index contributed by atoms with van der Waals surface area (Å²) >= 11 is 1.45. The van der Waals surface area contributed by atoms with Crippen molar-refractivity contribution in [2.75, 3.05) is 36.4 Å². The molecule has 1 unspecified atom stereocenters. The minimum atomic E-state index is -0.730. The fraction of sp³-hybridized carbons (Fsp3) is 0.426. The number of benzene rings is 4.